The molecule has 5 nitrogen and oxygen atoms in total. The summed E-state index contributed by atoms with van der Waals surface area (Å²) in [6.07, 6.45) is 2.78. The molecule has 0 spiro atoms. The number of H-pyrrole nitrogens is 1. The molecule has 0 aliphatic rings. The minimum Gasteiger partial charge on any atom is -0.480 e. The van der Waals surface area contributed by atoms with Gasteiger partial charge in [0, 0.05) is 23.1 Å². The molecule has 2 aromatic rings. The van der Waals surface area contributed by atoms with Crippen molar-refractivity contribution in [3.8, 4) is 0 Å². The van der Waals surface area contributed by atoms with Crippen LogP contribution in [0.4, 0.5) is 0 Å². The second kappa shape index (κ2) is 6.64. The molecule has 22 heavy (non-hydrogen) atoms. The molecule has 2 N–H and O–H groups in total. The van der Waals surface area contributed by atoms with E-state index in [1.807, 2.05) is 45.2 Å². The maximum Gasteiger partial charge on any atom is 0.323 e. The number of hydrogen-bond acceptors (Lipinski definition) is 2. The van der Waals surface area contributed by atoms with E-state index >= 15 is 0 Å². The van der Waals surface area contributed by atoms with Gasteiger partial charge in [0.15, 0.2) is 0 Å². The summed E-state index contributed by atoms with van der Waals surface area (Å²) in [5.74, 6) is -1.14. The van der Waals surface area contributed by atoms with E-state index in [9.17, 15) is 9.59 Å². The first-order chi connectivity index (χ1) is 10.4. The summed E-state index contributed by atoms with van der Waals surface area (Å²) in [4.78, 5) is 28.2. The summed E-state index contributed by atoms with van der Waals surface area (Å²) in [5.41, 5.74) is 3.06. The number of para-hydroxylation sites is 1. The van der Waals surface area contributed by atoms with E-state index < -0.39 is 5.97 Å². The van der Waals surface area contributed by atoms with Crippen LogP contribution < -0.4 is 0 Å². The number of rotatable bonds is 6. The number of fused-ring (bicyclic) bond motifs is 1. The second-order valence-electron chi connectivity index (χ2n) is 5.66. The largest absolute Gasteiger partial charge is 0.480 e. The first-order valence-electron chi connectivity index (χ1n) is 7.50. The van der Waals surface area contributed by atoms with Crippen molar-refractivity contribution in [3.05, 3.63) is 35.5 Å². The molecule has 1 amide bonds. The number of amides is 1. The highest BCUT2D eigenvalue weighted by molar-refractivity contribution is 5.91. The second-order valence-corrected chi connectivity index (χ2v) is 5.66. The summed E-state index contributed by atoms with van der Waals surface area (Å²) in [5, 5.41) is 10.0. The zero-order valence-electron chi connectivity index (χ0n) is 13.2. The van der Waals surface area contributed by atoms with E-state index in [0.717, 1.165) is 28.5 Å². The number of aromatic amines is 1. The van der Waals surface area contributed by atoms with Crippen LogP contribution in [0.3, 0.4) is 0 Å². The van der Waals surface area contributed by atoms with Gasteiger partial charge in [-0.2, -0.15) is 0 Å². The molecule has 1 unspecified atom stereocenters. The lowest BCUT2D eigenvalue weighted by atomic mass is 10.1. The molecule has 5 heteroatoms. The Balaban J connectivity index is 2.24. The van der Waals surface area contributed by atoms with Gasteiger partial charge in [-0.1, -0.05) is 25.1 Å². The van der Waals surface area contributed by atoms with Gasteiger partial charge in [0.25, 0.3) is 0 Å². The Hall–Kier alpha value is -2.30. The Kier molecular flexibility index (Phi) is 4.85. The standard InChI is InChI=1S/C17H22N2O3/c1-4-12(3)19(10-16(21)22)15(20)8-13-9-18-17-11(2)6-5-7-14(13)17/h5-7,9,12,18H,4,8,10H2,1-3H3,(H,21,22). The number of carboxylic acids is 1. The normalized spacial score (nSPS) is 12.3. The molecule has 1 aromatic carbocycles. The summed E-state index contributed by atoms with van der Waals surface area (Å²) < 4.78 is 0. The van der Waals surface area contributed by atoms with Crippen molar-refractivity contribution in [3.63, 3.8) is 0 Å². The van der Waals surface area contributed by atoms with Crippen molar-refractivity contribution in [2.45, 2.75) is 39.7 Å². The molecule has 1 heterocycles. The fourth-order valence-corrected chi connectivity index (χ4v) is 2.63. The Morgan fingerprint density at radius 2 is 2.09 bits per heavy atom. The molecule has 1 aromatic heterocycles. The first kappa shape index (κ1) is 16.1. The highest BCUT2D eigenvalue weighted by Gasteiger charge is 2.22. The van der Waals surface area contributed by atoms with Crippen molar-refractivity contribution in [1.82, 2.24) is 9.88 Å². The Labute approximate surface area is 129 Å². The Morgan fingerprint density at radius 3 is 2.73 bits per heavy atom. The number of nitrogens with zero attached hydrogens (tertiary/aromatic N) is 1. The van der Waals surface area contributed by atoms with Crippen molar-refractivity contribution >= 4 is 22.8 Å². The van der Waals surface area contributed by atoms with Gasteiger partial charge < -0.3 is 15.0 Å². The Bertz CT molecular complexity index is 690. The predicted octanol–water partition coefficient (Wildman–Crippen LogP) is 2.73. The molecule has 0 aliphatic heterocycles. The maximum absolute atomic E-state index is 12.5. The van der Waals surface area contributed by atoms with Crippen molar-refractivity contribution < 1.29 is 14.7 Å². The molecule has 2 rings (SSSR count). The van der Waals surface area contributed by atoms with Crippen molar-refractivity contribution in [1.29, 1.82) is 0 Å². The molecule has 118 valence electrons. The summed E-state index contributed by atoms with van der Waals surface area (Å²) >= 11 is 0. The number of carbonyl (C=O) groups is 2. The third kappa shape index (κ3) is 3.30. The van der Waals surface area contributed by atoms with Crippen LogP contribution in [-0.4, -0.2) is 39.5 Å². The SMILES string of the molecule is CCC(C)N(CC(=O)O)C(=O)Cc1c[nH]c2c(C)cccc12. The minimum atomic E-state index is -0.983. The van der Waals surface area contributed by atoms with Crippen LogP contribution in [0.15, 0.2) is 24.4 Å². The van der Waals surface area contributed by atoms with Crippen LogP contribution >= 0.6 is 0 Å². The highest BCUT2D eigenvalue weighted by atomic mass is 16.4. The van der Waals surface area contributed by atoms with E-state index in [1.54, 1.807) is 0 Å². The molecule has 0 aliphatic carbocycles. The third-order valence-electron chi connectivity index (χ3n) is 4.10. The van der Waals surface area contributed by atoms with E-state index in [2.05, 4.69) is 4.98 Å². The van der Waals surface area contributed by atoms with Gasteiger partial charge in [-0.15, -0.1) is 0 Å². The van der Waals surface area contributed by atoms with Gasteiger partial charge in [-0.05, 0) is 31.4 Å². The average molecular weight is 302 g/mol. The first-order valence-corrected chi connectivity index (χ1v) is 7.50. The predicted molar refractivity (Wildman–Crippen MR) is 85.8 cm³/mol. The monoisotopic (exact) mass is 302 g/mol. The van der Waals surface area contributed by atoms with Crippen LogP contribution in [0.2, 0.25) is 0 Å². The highest BCUT2D eigenvalue weighted by Crippen LogP contribution is 2.22. The smallest absolute Gasteiger partial charge is 0.323 e. The quantitative estimate of drug-likeness (QED) is 0.861. The third-order valence-corrected chi connectivity index (χ3v) is 4.10. The van der Waals surface area contributed by atoms with E-state index in [-0.39, 0.29) is 24.9 Å². The van der Waals surface area contributed by atoms with Crippen LogP contribution in [0.1, 0.15) is 31.4 Å². The number of aromatic nitrogens is 1. The van der Waals surface area contributed by atoms with E-state index in [4.69, 9.17) is 5.11 Å². The maximum atomic E-state index is 12.5. The van der Waals surface area contributed by atoms with Gasteiger partial charge in [-0.3, -0.25) is 9.59 Å². The lowest BCUT2D eigenvalue weighted by Gasteiger charge is -2.27. The van der Waals surface area contributed by atoms with Gasteiger partial charge in [0.05, 0.1) is 6.42 Å². The molecule has 0 fully saturated rings. The molecule has 0 saturated heterocycles. The van der Waals surface area contributed by atoms with Crippen molar-refractivity contribution in [2.75, 3.05) is 6.54 Å². The summed E-state index contributed by atoms with van der Waals surface area (Å²) in [6, 6.07) is 5.87. The van der Waals surface area contributed by atoms with E-state index in [1.165, 1.54) is 4.90 Å². The molecule has 0 bridgehead atoms. The van der Waals surface area contributed by atoms with Gasteiger partial charge >= 0.3 is 5.97 Å². The zero-order valence-corrected chi connectivity index (χ0v) is 13.2. The number of carbonyl (C=O) groups excluding carboxylic acids is 1. The fourth-order valence-electron chi connectivity index (χ4n) is 2.63. The lowest BCUT2D eigenvalue weighted by molar-refractivity contribution is -0.145. The van der Waals surface area contributed by atoms with Crippen LogP contribution in [0.25, 0.3) is 10.9 Å². The van der Waals surface area contributed by atoms with E-state index in [0.29, 0.717) is 0 Å². The number of carboxylic acid groups (broad SMARTS) is 1. The molecule has 0 radical (unpaired) electrons. The number of hydrogen-bond donors (Lipinski definition) is 2. The van der Waals surface area contributed by atoms with Crippen LogP contribution in [0, 0.1) is 6.92 Å². The molecular formula is C17H22N2O3. The molecule has 1 atom stereocenters. The van der Waals surface area contributed by atoms with Crippen LogP contribution in [-0.2, 0) is 16.0 Å². The molecular weight excluding hydrogens is 280 g/mol. The zero-order chi connectivity index (χ0) is 16.3. The number of aryl methyl sites for hydroxylation is 1. The van der Waals surface area contributed by atoms with Crippen molar-refractivity contribution in [2.24, 2.45) is 0 Å². The van der Waals surface area contributed by atoms with Crippen LogP contribution in [0.5, 0.6) is 0 Å². The van der Waals surface area contributed by atoms with Gasteiger partial charge in [-0.25, -0.2) is 0 Å². The number of nitrogens with one attached hydrogen (secondary N) is 1. The lowest BCUT2D eigenvalue weighted by Crippen LogP contribution is -2.42. The van der Waals surface area contributed by atoms with Gasteiger partial charge in [0.1, 0.15) is 6.54 Å². The minimum absolute atomic E-state index is 0.0875. The Morgan fingerprint density at radius 1 is 1.36 bits per heavy atom. The fraction of sp³-hybridized carbons (Fsp3) is 0.412. The number of aliphatic carboxylic acids is 1. The molecule has 0 saturated carbocycles. The van der Waals surface area contributed by atoms with Gasteiger partial charge in [0.2, 0.25) is 5.91 Å². The topological polar surface area (TPSA) is 73.4 Å². The summed E-state index contributed by atoms with van der Waals surface area (Å²) in [6.45, 7) is 5.58. The number of benzene rings is 1. The average Bonchev–Trinajstić information content (AvgIpc) is 2.88. The summed E-state index contributed by atoms with van der Waals surface area (Å²) in [7, 11) is 0.